The zero-order chi connectivity index (χ0) is 14.5. The first-order chi connectivity index (χ1) is 9.61. The van der Waals surface area contributed by atoms with E-state index in [1.54, 1.807) is 43.3 Å². The molecule has 0 aliphatic heterocycles. The smallest absolute Gasteiger partial charge is 0.251 e. The van der Waals surface area contributed by atoms with Crippen LogP contribution in [0.3, 0.4) is 0 Å². The van der Waals surface area contributed by atoms with Crippen LogP contribution in [-0.2, 0) is 5.88 Å². The van der Waals surface area contributed by atoms with Crippen molar-refractivity contribution >= 4 is 17.5 Å². The summed E-state index contributed by atoms with van der Waals surface area (Å²) in [5.41, 5.74) is 1.86. The normalized spacial score (nSPS) is 11.9. The fourth-order valence-corrected chi connectivity index (χ4v) is 2.15. The first-order valence-electron chi connectivity index (χ1n) is 6.32. The van der Waals surface area contributed by atoms with Crippen molar-refractivity contribution in [1.29, 1.82) is 0 Å². The summed E-state index contributed by atoms with van der Waals surface area (Å²) in [5, 5.41) is 2.78. The minimum atomic E-state index is -0.400. The first kappa shape index (κ1) is 14.5. The predicted molar refractivity (Wildman–Crippen MR) is 78.3 cm³/mol. The van der Waals surface area contributed by atoms with Crippen molar-refractivity contribution in [3.8, 4) is 0 Å². The van der Waals surface area contributed by atoms with E-state index in [1.807, 2.05) is 6.07 Å². The van der Waals surface area contributed by atoms with E-state index in [0.29, 0.717) is 17.0 Å². The van der Waals surface area contributed by atoms with Gasteiger partial charge in [0.1, 0.15) is 5.82 Å². The van der Waals surface area contributed by atoms with Gasteiger partial charge >= 0.3 is 0 Å². The number of rotatable bonds is 4. The van der Waals surface area contributed by atoms with Crippen molar-refractivity contribution in [3.63, 3.8) is 0 Å². The molecular weight excluding hydrogens is 277 g/mol. The average Bonchev–Trinajstić information content (AvgIpc) is 2.47. The average molecular weight is 292 g/mol. The maximum atomic E-state index is 13.6. The van der Waals surface area contributed by atoms with Crippen LogP contribution in [0.5, 0.6) is 0 Å². The molecule has 2 aromatic carbocycles. The van der Waals surface area contributed by atoms with Gasteiger partial charge in [0.2, 0.25) is 0 Å². The number of halogens is 2. The lowest BCUT2D eigenvalue weighted by Gasteiger charge is -2.15. The van der Waals surface area contributed by atoms with E-state index in [9.17, 15) is 9.18 Å². The van der Waals surface area contributed by atoms with Gasteiger partial charge in [-0.3, -0.25) is 4.79 Å². The van der Waals surface area contributed by atoms with Gasteiger partial charge in [0, 0.05) is 17.0 Å². The van der Waals surface area contributed by atoms with Crippen LogP contribution in [0.4, 0.5) is 4.39 Å². The Labute approximate surface area is 122 Å². The number of hydrogen-bond donors (Lipinski definition) is 1. The number of alkyl halides is 1. The van der Waals surface area contributed by atoms with Crippen molar-refractivity contribution in [2.75, 3.05) is 0 Å². The second kappa shape index (κ2) is 6.53. The molecule has 20 heavy (non-hydrogen) atoms. The Morgan fingerprint density at radius 2 is 2.00 bits per heavy atom. The molecule has 0 saturated heterocycles. The maximum absolute atomic E-state index is 13.6. The van der Waals surface area contributed by atoms with Crippen LogP contribution in [0.1, 0.15) is 34.5 Å². The van der Waals surface area contributed by atoms with E-state index in [1.165, 1.54) is 6.07 Å². The van der Waals surface area contributed by atoms with Crippen LogP contribution in [0, 0.1) is 5.82 Å². The van der Waals surface area contributed by atoms with E-state index in [0.717, 1.165) is 5.56 Å². The largest absolute Gasteiger partial charge is 0.345 e. The molecule has 0 aliphatic rings. The molecule has 0 aliphatic carbocycles. The van der Waals surface area contributed by atoms with Gasteiger partial charge in [0.25, 0.3) is 5.91 Å². The van der Waals surface area contributed by atoms with E-state index in [-0.39, 0.29) is 11.7 Å². The quantitative estimate of drug-likeness (QED) is 0.846. The van der Waals surface area contributed by atoms with Crippen LogP contribution in [-0.4, -0.2) is 5.91 Å². The van der Waals surface area contributed by atoms with Gasteiger partial charge in [-0.1, -0.05) is 30.3 Å². The lowest BCUT2D eigenvalue weighted by molar-refractivity contribution is 0.0939. The molecule has 0 heterocycles. The van der Waals surface area contributed by atoms with E-state index >= 15 is 0 Å². The second-order valence-electron chi connectivity index (χ2n) is 4.55. The second-order valence-corrected chi connectivity index (χ2v) is 4.82. The zero-order valence-corrected chi connectivity index (χ0v) is 11.8. The fourth-order valence-electron chi connectivity index (χ4n) is 1.98. The highest BCUT2D eigenvalue weighted by atomic mass is 35.5. The summed E-state index contributed by atoms with van der Waals surface area (Å²) in [6.07, 6.45) is 0. The van der Waals surface area contributed by atoms with Crippen LogP contribution < -0.4 is 5.32 Å². The topological polar surface area (TPSA) is 29.1 Å². The highest BCUT2D eigenvalue weighted by molar-refractivity contribution is 6.17. The summed E-state index contributed by atoms with van der Waals surface area (Å²) in [6, 6.07) is 13.1. The van der Waals surface area contributed by atoms with Crippen molar-refractivity contribution < 1.29 is 9.18 Å². The minimum Gasteiger partial charge on any atom is -0.345 e. The molecule has 4 heteroatoms. The van der Waals surface area contributed by atoms with Crippen molar-refractivity contribution in [2.24, 2.45) is 0 Å². The molecule has 2 aromatic rings. The number of benzene rings is 2. The molecule has 1 atom stereocenters. The van der Waals surface area contributed by atoms with Crippen LogP contribution in [0.2, 0.25) is 0 Å². The standard InChI is InChI=1S/C16H15ClFNO/c1-11(14-7-2-3-8-15(14)18)19-16(20)13-6-4-5-12(9-13)10-17/h2-9,11H,10H2,1H3,(H,19,20). The van der Waals surface area contributed by atoms with E-state index < -0.39 is 6.04 Å². The molecular formula is C16H15ClFNO. The van der Waals surface area contributed by atoms with Gasteiger partial charge in [-0.05, 0) is 30.7 Å². The Balaban J connectivity index is 2.13. The summed E-state index contributed by atoms with van der Waals surface area (Å²) in [6.45, 7) is 1.75. The minimum absolute atomic E-state index is 0.243. The van der Waals surface area contributed by atoms with Crippen molar-refractivity contribution in [3.05, 3.63) is 71.0 Å². The molecule has 1 unspecified atom stereocenters. The molecule has 1 amide bonds. The molecule has 0 aromatic heterocycles. The summed E-state index contributed by atoms with van der Waals surface area (Å²) < 4.78 is 13.6. The molecule has 0 fully saturated rings. The lowest BCUT2D eigenvalue weighted by Crippen LogP contribution is -2.27. The molecule has 104 valence electrons. The predicted octanol–water partition coefficient (Wildman–Crippen LogP) is 4.06. The number of carbonyl (C=O) groups is 1. The van der Waals surface area contributed by atoms with E-state index in [4.69, 9.17) is 11.6 Å². The Kier molecular flexibility index (Phi) is 4.74. The van der Waals surface area contributed by atoms with Gasteiger partial charge in [-0.25, -0.2) is 4.39 Å². The third-order valence-corrected chi connectivity index (χ3v) is 3.37. The monoisotopic (exact) mass is 291 g/mol. The van der Waals surface area contributed by atoms with Gasteiger partial charge < -0.3 is 5.32 Å². The Bertz CT molecular complexity index is 615. The van der Waals surface area contributed by atoms with Gasteiger partial charge in [-0.15, -0.1) is 11.6 Å². The molecule has 1 N–H and O–H groups in total. The molecule has 2 nitrogen and oxygen atoms in total. The Morgan fingerprint density at radius 1 is 1.25 bits per heavy atom. The number of hydrogen-bond acceptors (Lipinski definition) is 1. The van der Waals surface area contributed by atoms with Crippen molar-refractivity contribution in [2.45, 2.75) is 18.8 Å². The highest BCUT2D eigenvalue weighted by Crippen LogP contribution is 2.17. The Morgan fingerprint density at radius 3 is 2.70 bits per heavy atom. The van der Waals surface area contributed by atoms with Gasteiger partial charge in [0.05, 0.1) is 6.04 Å². The molecule has 0 radical (unpaired) electrons. The summed E-state index contributed by atoms with van der Waals surface area (Å²) in [5.74, 6) is -0.216. The van der Waals surface area contributed by atoms with Crippen molar-refractivity contribution in [1.82, 2.24) is 5.32 Å². The number of amides is 1. The zero-order valence-electron chi connectivity index (χ0n) is 11.1. The van der Waals surface area contributed by atoms with Crippen LogP contribution in [0.15, 0.2) is 48.5 Å². The summed E-state index contributed by atoms with van der Waals surface area (Å²) in [7, 11) is 0. The first-order valence-corrected chi connectivity index (χ1v) is 6.85. The summed E-state index contributed by atoms with van der Waals surface area (Å²) in [4.78, 5) is 12.1. The summed E-state index contributed by atoms with van der Waals surface area (Å²) >= 11 is 5.74. The van der Waals surface area contributed by atoms with Gasteiger partial charge in [0.15, 0.2) is 0 Å². The lowest BCUT2D eigenvalue weighted by atomic mass is 10.1. The molecule has 2 rings (SSSR count). The maximum Gasteiger partial charge on any atom is 0.251 e. The number of carbonyl (C=O) groups excluding carboxylic acids is 1. The third-order valence-electron chi connectivity index (χ3n) is 3.06. The molecule has 0 bridgehead atoms. The molecule has 0 saturated carbocycles. The Hall–Kier alpha value is -1.87. The third kappa shape index (κ3) is 3.36. The van der Waals surface area contributed by atoms with Crippen LogP contribution >= 0.6 is 11.6 Å². The highest BCUT2D eigenvalue weighted by Gasteiger charge is 2.14. The fraction of sp³-hybridized carbons (Fsp3) is 0.188. The molecule has 0 spiro atoms. The number of nitrogens with one attached hydrogen (secondary N) is 1. The van der Waals surface area contributed by atoms with Gasteiger partial charge in [-0.2, -0.15) is 0 Å². The van der Waals surface area contributed by atoms with E-state index in [2.05, 4.69) is 5.32 Å². The van der Waals surface area contributed by atoms with Crippen LogP contribution in [0.25, 0.3) is 0 Å². The SMILES string of the molecule is CC(NC(=O)c1cccc(CCl)c1)c1ccccc1F.